The Morgan fingerprint density at radius 3 is 1.42 bits per heavy atom. The molecule has 0 saturated heterocycles. The van der Waals surface area contributed by atoms with Crippen LogP contribution in [0.25, 0.3) is 0 Å². The van der Waals surface area contributed by atoms with Crippen LogP contribution in [0.15, 0.2) is 0 Å². The first-order valence-electron chi connectivity index (χ1n) is 7.38. The molecule has 0 bridgehead atoms. The lowest BCUT2D eigenvalue weighted by atomic mass is 9.84. The lowest BCUT2D eigenvalue weighted by Gasteiger charge is -2.43. The highest BCUT2D eigenvalue weighted by Crippen LogP contribution is 2.50. The van der Waals surface area contributed by atoms with Crippen molar-refractivity contribution >= 4 is 8.07 Å². The van der Waals surface area contributed by atoms with Gasteiger partial charge >= 0.3 is 12.4 Å². The molecule has 0 spiro atoms. The molecule has 0 aromatic rings. The maximum absolute atomic E-state index is 12.6. The summed E-state index contributed by atoms with van der Waals surface area (Å²) in [7, 11) is -0.611. The van der Waals surface area contributed by atoms with E-state index in [0.29, 0.717) is 13.8 Å². The van der Waals surface area contributed by atoms with E-state index >= 15 is 0 Å². The fourth-order valence-electron chi connectivity index (χ4n) is 1.45. The minimum atomic E-state index is -5.92. The molecule has 0 fully saturated rings. The van der Waals surface area contributed by atoms with Gasteiger partial charge in [0, 0.05) is 14.7 Å². The average Bonchev–Trinajstić information content (AvgIpc) is 2.28. The van der Waals surface area contributed by atoms with Gasteiger partial charge in [0.05, 0.1) is 13.2 Å². The van der Waals surface area contributed by atoms with E-state index in [1.807, 2.05) is 0 Å². The summed E-state index contributed by atoms with van der Waals surface area (Å²) in [5.41, 5.74) is -7.86. The van der Waals surface area contributed by atoms with Gasteiger partial charge in [0.15, 0.2) is 0 Å². The Kier molecular flexibility index (Phi) is 9.57. The molecule has 0 amide bonds. The van der Waals surface area contributed by atoms with E-state index in [9.17, 15) is 26.3 Å². The van der Waals surface area contributed by atoms with Crippen molar-refractivity contribution < 1.29 is 40.9 Å². The number of aliphatic hydroxyl groups is 1. The number of hydrogen-bond donors (Lipinski definition) is 1. The van der Waals surface area contributed by atoms with E-state index in [1.54, 1.807) is 6.92 Å². The topological polar surface area (TPSA) is 38.7 Å². The number of hydrogen-bond acceptors (Lipinski definition) is 3. The third kappa shape index (κ3) is 8.17. The number of alkyl halides is 6. The predicted octanol–water partition coefficient (Wildman–Crippen LogP) is 4.63. The predicted molar refractivity (Wildman–Crippen MR) is 82.8 cm³/mol. The summed E-state index contributed by atoms with van der Waals surface area (Å²) >= 11 is 0. The molecule has 10 heteroatoms. The fraction of sp³-hybridized carbons (Fsp3) is 1.00. The summed E-state index contributed by atoms with van der Waals surface area (Å²) in [4.78, 5) is 0. The summed E-state index contributed by atoms with van der Waals surface area (Å²) in [6.07, 6.45) is -11.8. The smallest absolute Gasteiger partial charge is 0.379 e. The molecule has 0 aromatic carbocycles. The van der Waals surface area contributed by atoms with Crippen molar-refractivity contribution in [3.05, 3.63) is 0 Å². The molecule has 3 nitrogen and oxygen atoms in total. The van der Waals surface area contributed by atoms with Crippen molar-refractivity contribution in [3.8, 4) is 0 Å². The van der Waals surface area contributed by atoms with Gasteiger partial charge in [0.25, 0.3) is 5.60 Å². The van der Waals surface area contributed by atoms with Gasteiger partial charge in [-0.25, -0.2) is 0 Å². The van der Waals surface area contributed by atoms with Crippen LogP contribution >= 0.6 is 0 Å². The van der Waals surface area contributed by atoms with Crippen molar-refractivity contribution in [2.45, 2.75) is 70.5 Å². The molecule has 24 heavy (non-hydrogen) atoms. The van der Waals surface area contributed by atoms with Gasteiger partial charge in [-0.2, -0.15) is 26.3 Å². The second-order valence-electron chi connectivity index (χ2n) is 7.26. The third-order valence-electron chi connectivity index (χ3n) is 2.59. The Bertz CT molecular complexity index is 341. The van der Waals surface area contributed by atoms with E-state index in [0.717, 1.165) is 0 Å². The molecule has 0 aromatic heterocycles. The van der Waals surface area contributed by atoms with E-state index in [2.05, 4.69) is 30.9 Å². The Labute approximate surface area is 140 Å². The maximum atomic E-state index is 12.6. The van der Waals surface area contributed by atoms with Crippen LogP contribution in [-0.2, 0) is 9.47 Å². The van der Waals surface area contributed by atoms with Crippen molar-refractivity contribution in [1.82, 2.24) is 0 Å². The van der Waals surface area contributed by atoms with Crippen LogP contribution in [0.3, 0.4) is 0 Å². The Hall–Kier alpha value is -0.323. The lowest BCUT2D eigenvalue weighted by Crippen LogP contribution is -2.69. The second-order valence-corrected chi connectivity index (χ2v) is 13.3. The van der Waals surface area contributed by atoms with Crippen LogP contribution < -0.4 is 0 Å². The second kappa shape index (κ2) is 8.86. The van der Waals surface area contributed by atoms with Gasteiger partial charge in [0.1, 0.15) is 5.60 Å². The molecule has 0 unspecified atom stereocenters. The number of halogens is 6. The van der Waals surface area contributed by atoms with Gasteiger partial charge in [-0.3, -0.25) is 0 Å². The van der Waals surface area contributed by atoms with Crippen LogP contribution in [0.5, 0.6) is 0 Å². The van der Waals surface area contributed by atoms with Crippen LogP contribution in [0, 0.1) is 0 Å². The largest absolute Gasteiger partial charge is 0.429 e. The van der Waals surface area contributed by atoms with Gasteiger partial charge in [-0.05, 0) is 20.8 Å². The number of rotatable bonds is 6. The Morgan fingerprint density at radius 1 is 0.833 bits per heavy atom. The van der Waals surface area contributed by atoms with Crippen LogP contribution in [-0.4, -0.2) is 56.6 Å². The molecule has 0 aliphatic carbocycles. The normalized spacial score (nSPS) is 14.2. The molecule has 0 aliphatic heterocycles. The molecule has 0 atom stereocenters. The summed E-state index contributed by atoms with van der Waals surface area (Å²) in [6.45, 7) is 11.5. The van der Waals surface area contributed by atoms with Crippen LogP contribution in [0.1, 0.15) is 20.8 Å². The molecular weight excluding hydrogens is 358 g/mol. The molecule has 1 N–H and O–H groups in total. The van der Waals surface area contributed by atoms with Crippen LogP contribution in [0.2, 0.25) is 26.2 Å². The zero-order valence-corrected chi connectivity index (χ0v) is 16.2. The summed E-state index contributed by atoms with van der Waals surface area (Å²) in [6, 6.07) is 0. The zero-order chi connectivity index (χ0) is 20.0. The van der Waals surface area contributed by atoms with Crippen molar-refractivity contribution in [2.24, 2.45) is 0 Å². The summed E-state index contributed by atoms with van der Waals surface area (Å²) in [5.74, 6) is 0. The molecule has 0 rings (SSSR count). The minimum Gasteiger partial charge on any atom is -0.379 e. The first-order valence-corrected chi connectivity index (χ1v) is 11.4. The van der Waals surface area contributed by atoms with E-state index < -0.39 is 38.2 Å². The Balaban J connectivity index is 0. The first-order chi connectivity index (χ1) is 10.3. The van der Waals surface area contributed by atoms with Gasteiger partial charge < -0.3 is 14.6 Å². The molecule has 0 aliphatic rings. The van der Waals surface area contributed by atoms with Gasteiger partial charge in [0.2, 0.25) is 0 Å². The van der Waals surface area contributed by atoms with Crippen LogP contribution in [0.4, 0.5) is 26.3 Å². The van der Waals surface area contributed by atoms with E-state index in [-0.39, 0.29) is 13.2 Å². The van der Waals surface area contributed by atoms with Crippen molar-refractivity contribution in [2.75, 3.05) is 19.8 Å². The Morgan fingerprint density at radius 2 is 1.17 bits per heavy atom. The quantitative estimate of drug-likeness (QED) is 0.411. The molecular formula is C14H28F6O3Si. The van der Waals surface area contributed by atoms with E-state index in [4.69, 9.17) is 9.84 Å². The molecule has 148 valence electrons. The third-order valence-corrected chi connectivity index (χ3v) is 2.59. The lowest BCUT2D eigenvalue weighted by molar-refractivity contribution is -0.412. The summed E-state index contributed by atoms with van der Waals surface area (Å²) < 4.78 is 84.8. The molecule has 0 radical (unpaired) electrons. The summed E-state index contributed by atoms with van der Waals surface area (Å²) in [5, 5.41) is 9.15. The maximum Gasteiger partial charge on any atom is 0.429 e. The average molecular weight is 386 g/mol. The molecule has 0 saturated carbocycles. The minimum absolute atomic E-state index is 0.175. The van der Waals surface area contributed by atoms with Gasteiger partial charge in [-0.15, -0.1) is 0 Å². The zero-order valence-electron chi connectivity index (χ0n) is 15.2. The highest BCUT2D eigenvalue weighted by molar-refractivity contribution is 6.74. The number of ether oxygens (including phenoxy) is 2. The van der Waals surface area contributed by atoms with Gasteiger partial charge in [-0.1, -0.05) is 26.2 Å². The fourth-order valence-corrected chi connectivity index (χ4v) is 1.45. The van der Waals surface area contributed by atoms with Crippen molar-refractivity contribution in [3.63, 3.8) is 0 Å². The van der Waals surface area contributed by atoms with E-state index in [1.165, 1.54) is 0 Å². The first kappa shape index (κ1) is 25.9. The van der Waals surface area contributed by atoms with Crippen molar-refractivity contribution in [1.29, 1.82) is 0 Å². The highest BCUT2D eigenvalue weighted by atomic mass is 28.3. The highest BCUT2D eigenvalue weighted by Gasteiger charge is 2.77. The monoisotopic (exact) mass is 386 g/mol. The SMILES string of the molecule is CCOCCOC(C)(C)C(O)(C(F)(F)F)C(F)(F)F.C[Si](C)(C)C. The molecule has 0 heterocycles. The standard InChI is InChI=1S/C10H16F6O3.C4H12Si/c1-4-18-5-6-19-7(2,3)8(17,9(11,12)13)10(14,15)16;1-5(2,3)4/h17H,4-6H2,1-3H3;1-4H3.